The van der Waals surface area contributed by atoms with Crippen molar-refractivity contribution in [3.8, 4) is 0 Å². The maximum atomic E-state index is 13.6. The number of hydrogen-bond acceptors (Lipinski definition) is 2. The fourth-order valence-corrected chi connectivity index (χ4v) is 2.07. The van der Waals surface area contributed by atoms with E-state index in [0.717, 1.165) is 12.1 Å². The van der Waals surface area contributed by atoms with Crippen LogP contribution in [0, 0.1) is 24.5 Å². The molecule has 0 saturated heterocycles. The van der Waals surface area contributed by atoms with Gasteiger partial charge in [0, 0.05) is 0 Å². The van der Waals surface area contributed by atoms with Crippen molar-refractivity contribution in [2.75, 3.05) is 5.32 Å². The number of carbonyl (C=O) groups excluding carboxylic acids is 1. The number of halogens is 2. The lowest BCUT2D eigenvalue weighted by Gasteiger charge is -2.09. The van der Waals surface area contributed by atoms with Gasteiger partial charge in [-0.15, -0.1) is 0 Å². The van der Waals surface area contributed by atoms with Gasteiger partial charge in [-0.3, -0.25) is 9.89 Å². The van der Waals surface area contributed by atoms with Crippen LogP contribution in [0.2, 0.25) is 0 Å². The van der Waals surface area contributed by atoms with Gasteiger partial charge in [-0.05, 0) is 31.4 Å². The molecule has 112 valence electrons. The summed E-state index contributed by atoms with van der Waals surface area (Å²) in [5.41, 5.74) is 1.22. The number of amides is 1. The summed E-state index contributed by atoms with van der Waals surface area (Å²) in [5, 5.41) is 9.45. The van der Waals surface area contributed by atoms with E-state index in [1.807, 2.05) is 13.8 Å². The van der Waals surface area contributed by atoms with Crippen LogP contribution >= 0.6 is 0 Å². The number of rotatable bonds is 4. The van der Waals surface area contributed by atoms with Gasteiger partial charge in [-0.25, -0.2) is 8.78 Å². The molecule has 1 aromatic carbocycles. The van der Waals surface area contributed by atoms with Gasteiger partial charge in [-0.2, -0.15) is 5.10 Å². The van der Waals surface area contributed by atoms with Crippen molar-refractivity contribution in [2.45, 2.75) is 27.2 Å². The number of H-pyrrole nitrogens is 1. The average molecular weight is 293 g/mol. The molecular formula is C15H17F2N3O. The van der Waals surface area contributed by atoms with Crippen LogP contribution in [0.15, 0.2) is 18.2 Å². The van der Waals surface area contributed by atoms with Gasteiger partial charge in [0.25, 0.3) is 5.91 Å². The van der Waals surface area contributed by atoms with Crippen molar-refractivity contribution < 1.29 is 13.6 Å². The van der Waals surface area contributed by atoms with Crippen molar-refractivity contribution in [3.05, 3.63) is 46.8 Å². The molecule has 1 heterocycles. The summed E-state index contributed by atoms with van der Waals surface area (Å²) in [4.78, 5) is 12.1. The summed E-state index contributed by atoms with van der Waals surface area (Å²) in [6.45, 7) is 5.78. The fourth-order valence-electron chi connectivity index (χ4n) is 2.07. The number of aromatic amines is 1. The Morgan fingerprint density at radius 2 is 1.95 bits per heavy atom. The van der Waals surface area contributed by atoms with Crippen LogP contribution in [-0.4, -0.2) is 16.1 Å². The third kappa shape index (κ3) is 3.26. The molecule has 0 radical (unpaired) electrons. The molecule has 1 amide bonds. The van der Waals surface area contributed by atoms with Crippen LogP contribution in [0.5, 0.6) is 0 Å². The Bertz CT molecular complexity index is 645. The smallest absolute Gasteiger partial charge is 0.261 e. The lowest BCUT2D eigenvalue weighted by molar-refractivity contribution is 0.101. The topological polar surface area (TPSA) is 57.8 Å². The number of nitrogens with zero attached hydrogens (tertiary/aromatic N) is 1. The van der Waals surface area contributed by atoms with E-state index >= 15 is 0 Å². The predicted octanol–water partition coefficient (Wildman–Crippen LogP) is 3.45. The van der Waals surface area contributed by atoms with E-state index in [1.165, 1.54) is 6.07 Å². The van der Waals surface area contributed by atoms with E-state index in [1.54, 1.807) is 6.92 Å². The highest BCUT2D eigenvalue weighted by Gasteiger charge is 2.20. The third-order valence-electron chi connectivity index (χ3n) is 3.05. The second-order valence-corrected chi connectivity index (χ2v) is 5.32. The maximum Gasteiger partial charge on any atom is 0.261 e. The molecule has 0 fully saturated rings. The Morgan fingerprint density at radius 3 is 2.52 bits per heavy atom. The molecule has 6 heteroatoms. The highest BCUT2D eigenvalue weighted by Crippen LogP contribution is 2.22. The van der Waals surface area contributed by atoms with Crippen LogP contribution in [0.25, 0.3) is 0 Å². The van der Waals surface area contributed by atoms with E-state index in [0.29, 0.717) is 29.4 Å². The lowest BCUT2D eigenvalue weighted by Crippen LogP contribution is -2.17. The summed E-state index contributed by atoms with van der Waals surface area (Å²) in [7, 11) is 0. The molecule has 21 heavy (non-hydrogen) atoms. The minimum absolute atomic E-state index is 0.341. The van der Waals surface area contributed by atoms with Crippen molar-refractivity contribution in [1.29, 1.82) is 0 Å². The Labute approximate surface area is 121 Å². The van der Waals surface area contributed by atoms with E-state index in [-0.39, 0.29) is 0 Å². The number of nitrogens with one attached hydrogen (secondary N) is 2. The maximum absolute atomic E-state index is 13.6. The molecule has 4 nitrogen and oxygen atoms in total. The number of hydrogen-bond donors (Lipinski definition) is 2. The molecule has 0 atom stereocenters. The average Bonchev–Trinajstić information content (AvgIpc) is 2.70. The van der Waals surface area contributed by atoms with Gasteiger partial charge in [0.1, 0.15) is 17.2 Å². The Balaban J connectivity index is 2.30. The minimum atomic E-state index is -0.890. The molecule has 2 rings (SSSR count). The number of anilines is 1. The second kappa shape index (κ2) is 6.03. The van der Waals surface area contributed by atoms with Crippen LogP contribution < -0.4 is 5.32 Å². The first kappa shape index (κ1) is 15.2. The first-order valence-corrected chi connectivity index (χ1v) is 6.69. The van der Waals surface area contributed by atoms with Gasteiger partial charge in [-0.1, -0.05) is 19.9 Å². The largest absolute Gasteiger partial charge is 0.319 e. The summed E-state index contributed by atoms with van der Waals surface area (Å²) in [6, 6.07) is 3.32. The fraction of sp³-hybridized carbons (Fsp3) is 0.333. The molecule has 0 saturated carbocycles. The van der Waals surface area contributed by atoms with E-state index in [9.17, 15) is 13.6 Å². The van der Waals surface area contributed by atoms with Gasteiger partial charge in [0.15, 0.2) is 0 Å². The first-order valence-electron chi connectivity index (χ1n) is 6.69. The zero-order chi connectivity index (χ0) is 15.6. The van der Waals surface area contributed by atoms with Crippen molar-refractivity contribution in [2.24, 2.45) is 5.92 Å². The van der Waals surface area contributed by atoms with E-state index in [4.69, 9.17) is 0 Å². The molecule has 0 aliphatic heterocycles. The molecule has 2 N–H and O–H groups in total. The molecule has 0 unspecified atom stereocenters. The van der Waals surface area contributed by atoms with Gasteiger partial charge >= 0.3 is 0 Å². The Kier molecular flexibility index (Phi) is 4.35. The molecular weight excluding hydrogens is 276 g/mol. The molecule has 0 bridgehead atoms. The molecule has 0 aliphatic carbocycles. The zero-order valence-corrected chi connectivity index (χ0v) is 12.1. The number of carbonyl (C=O) groups is 1. The summed E-state index contributed by atoms with van der Waals surface area (Å²) in [6.07, 6.45) is 0.652. The van der Waals surface area contributed by atoms with Crippen molar-refractivity contribution in [3.63, 3.8) is 0 Å². The van der Waals surface area contributed by atoms with Crippen LogP contribution in [0.4, 0.5) is 14.5 Å². The van der Waals surface area contributed by atoms with Crippen LogP contribution in [-0.2, 0) is 6.42 Å². The minimum Gasteiger partial charge on any atom is -0.319 e. The van der Waals surface area contributed by atoms with Gasteiger partial charge in [0.2, 0.25) is 0 Å². The molecule has 0 aliphatic rings. The molecule has 2 aromatic rings. The van der Waals surface area contributed by atoms with Gasteiger partial charge in [0.05, 0.1) is 17.1 Å². The first-order chi connectivity index (χ1) is 9.90. The summed E-state index contributed by atoms with van der Waals surface area (Å²) in [5.74, 6) is -2.26. The number of aromatic nitrogens is 2. The summed E-state index contributed by atoms with van der Waals surface area (Å²) < 4.78 is 27.2. The predicted molar refractivity (Wildman–Crippen MR) is 76.2 cm³/mol. The lowest BCUT2D eigenvalue weighted by atomic mass is 10.1. The van der Waals surface area contributed by atoms with E-state index in [2.05, 4.69) is 15.5 Å². The molecule has 0 spiro atoms. The quantitative estimate of drug-likeness (QED) is 0.907. The second-order valence-electron chi connectivity index (χ2n) is 5.32. The standard InChI is InChI=1S/C15H17F2N3O/c1-8(2)7-12-14(9(3)19-20-12)18-15(21)13-10(16)5-4-6-11(13)17/h4-6,8H,7H2,1-3H3,(H,18,21)(H,19,20). The van der Waals surface area contributed by atoms with Crippen LogP contribution in [0.1, 0.15) is 35.6 Å². The number of benzene rings is 1. The normalized spacial score (nSPS) is 11.0. The van der Waals surface area contributed by atoms with Crippen LogP contribution in [0.3, 0.4) is 0 Å². The zero-order valence-electron chi connectivity index (χ0n) is 12.1. The Morgan fingerprint density at radius 1 is 1.33 bits per heavy atom. The van der Waals surface area contributed by atoms with E-state index < -0.39 is 23.1 Å². The molecule has 1 aromatic heterocycles. The SMILES string of the molecule is Cc1[nH]nc(CC(C)C)c1NC(=O)c1c(F)cccc1F. The van der Waals surface area contributed by atoms with Gasteiger partial charge < -0.3 is 5.32 Å². The highest BCUT2D eigenvalue weighted by atomic mass is 19.1. The van der Waals surface area contributed by atoms with Crippen molar-refractivity contribution in [1.82, 2.24) is 10.2 Å². The summed E-state index contributed by atoms with van der Waals surface area (Å²) >= 11 is 0. The number of aryl methyl sites for hydroxylation is 1. The third-order valence-corrected chi connectivity index (χ3v) is 3.05. The van der Waals surface area contributed by atoms with Crippen molar-refractivity contribution >= 4 is 11.6 Å². The monoisotopic (exact) mass is 293 g/mol. The Hall–Kier alpha value is -2.24. The highest BCUT2D eigenvalue weighted by molar-refractivity contribution is 6.05.